The topological polar surface area (TPSA) is 38.5 Å². The normalized spacial score (nSPS) is 19.9. The van der Waals surface area contributed by atoms with Gasteiger partial charge in [0.05, 0.1) is 24.9 Å². The second-order valence-electron chi connectivity index (χ2n) is 5.40. The molecular formula is C16H19ClN2O2. The lowest BCUT2D eigenvalue weighted by Gasteiger charge is -2.32. The number of nitrogens with zero attached hydrogens (tertiary/aromatic N) is 2. The summed E-state index contributed by atoms with van der Waals surface area (Å²) in [6.07, 6.45) is 0.0770. The van der Waals surface area contributed by atoms with E-state index < -0.39 is 0 Å². The van der Waals surface area contributed by atoms with Gasteiger partial charge >= 0.3 is 0 Å². The van der Waals surface area contributed by atoms with Crippen LogP contribution in [0.1, 0.15) is 29.0 Å². The molecule has 21 heavy (non-hydrogen) atoms. The molecule has 4 nitrogen and oxygen atoms in total. The Balaban J connectivity index is 1.66. The van der Waals surface area contributed by atoms with Crippen molar-refractivity contribution >= 4 is 11.6 Å². The van der Waals surface area contributed by atoms with Crippen molar-refractivity contribution in [3.8, 4) is 0 Å². The minimum absolute atomic E-state index is 0.0770. The van der Waals surface area contributed by atoms with Gasteiger partial charge in [0.15, 0.2) is 0 Å². The van der Waals surface area contributed by atoms with E-state index in [1.807, 2.05) is 38.1 Å². The van der Waals surface area contributed by atoms with Gasteiger partial charge in [-0.15, -0.1) is 0 Å². The Morgan fingerprint density at radius 3 is 2.71 bits per heavy atom. The maximum Gasteiger partial charge on any atom is 0.208 e. The summed E-state index contributed by atoms with van der Waals surface area (Å²) in [6, 6.07) is 7.85. The molecule has 3 rings (SSSR count). The molecule has 0 radical (unpaired) electrons. The summed E-state index contributed by atoms with van der Waals surface area (Å²) in [6.45, 7) is 7.08. The molecule has 1 saturated heterocycles. The van der Waals surface area contributed by atoms with E-state index >= 15 is 0 Å². The summed E-state index contributed by atoms with van der Waals surface area (Å²) in [5.41, 5.74) is 2.12. The fraction of sp³-hybridized carbons (Fsp3) is 0.438. The molecule has 1 aromatic heterocycles. The van der Waals surface area contributed by atoms with Crippen molar-refractivity contribution in [1.29, 1.82) is 0 Å². The van der Waals surface area contributed by atoms with Crippen molar-refractivity contribution in [3.63, 3.8) is 0 Å². The average molecular weight is 307 g/mol. The lowest BCUT2D eigenvalue weighted by atomic mass is 10.1. The Morgan fingerprint density at radius 2 is 2.05 bits per heavy atom. The smallest absolute Gasteiger partial charge is 0.208 e. The Labute approximate surface area is 129 Å². The number of rotatable bonds is 3. The van der Waals surface area contributed by atoms with Crippen LogP contribution < -0.4 is 0 Å². The number of benzene rings is 1. The van der Waals surface area contributed by atoms with Gasteiger partial charge in [-0.05, 0) is 31.5 Å². The Kier molecular flexibility index (Phi) is 4.29. The standard InChI is InChI=1S/C16H19ClN2O2/c1-11-12(2)21-16(18-11)10-19-7-8-20-15(9-19)13-3-5-14(17)6-4-13/h3-6,15H,7-10H2,1-2H3/t15-/m1/s1. The maximum absolute atomic E-state index is 5.93. The third-order valence-corrected chi connectivity index (χ3v) is 4.08. The molecule has 0 unspecified atom stereocenters. The largest absolute Gasteiger partial charge is 0.444 e. The predicted octanol–water partition coefficient (Wildman–Crippen LogP) is 3.52. The number of hydrogen-bond acceptors (Lipinski definition) is 4. The van der Waals surface area contributed by atoms with Gasteiger partial charge in [0.2, 0.25) is 5.89 Å². The summed E-state index contributed by atoms with van der Waals surface area (Å²) in [4.78, 5) is 6.76. The molecular weight excluding hydrogens is 288 g/mol. The third-order valence-electron chi connectivity index (χ3n) is 3.82. The van der Waals surface area contributed by atoms with Crippen molar-refractivity contribution in [1.82, 2.24) is 9.88 Å². The zero-order valence-electron chi connectivity index (χ0n) is 12.3. The highest BCUT2D eigenvalue weighted by Gasteiger charge is 2.23. The molecule has 0 spiro atoms. The summed E-state index contributed by atoms with van der Waals surface area (Å²) in [5.74, 6) is 1.68. The van der Waals surface area contributed by atoms with Crippen LogP contribution in [0.2, 0.25) is 5.02 Å². The first-order chi connectivity index (χ1) is 10.1. The van der Waals surface area contributed by atoms with Crippen molar-refractivity contribution in [3.05, 3.63) is 52.2 Å². The van der Waals surface area contributed by atoms with Crippen LogP contribution in [-0.2, 0) is 11.3 Å². The van der Waals surface area contributed by atoms with Crippen LogP contribution in [0.15, 0.2) is 28.7 Å². The van der Waals surface area contributed by atoms with Gasteiger partial charge in [-0.2, -0.15) is 0 Å². The second kappa shape index (κ2) is 6.18. The molecule has 1 aliphatic rings. The molecule has 1 atom stereocenters. The van der Waals surface area contributed by atoms with Crippen LogP contribution >= 0.6 is 11.6 Å². The van der Waals surface area contributed by atoms with E-state index in [1.54, 1.807) is 0 Å². The predicted molar refractivity (Wildman–Crippen MR) is 81.4 cm³/mol. The number of aromatic nitrogens is 1. The summed E-state index contributed by atoms with van der Waals surface area (Å²) in [5, 5.41) is 0.747. The van der Waals surface area contributed by atoms with Crippen molar-refractivity contribution in [2.24, 2.45) is 0 Å². The Bertz CT molecular complexity index is 590. The molecule has 5 heteroatoms. The van der Waals surface area contributed by atoms with Crippen molar-refractivity contribution in [2.75, 3.05) is 19.7 Å². The van der Waals surface area contributed by atoms with Gasteiger partial charge in [-0.1, -0.05) is 23.7 Å². The highest BCUT2D eigenvalue weighted by Crippen LogP contribution is 2.24. The molecule has 1 aromatic carbocycles. The first-order valence-electron chi connectivity index (χ1n) is 7.14. The number of oxazole rings is 1. The summed E-state index contributed by atoms with van der Waals surface area (Å²) in [7, 11) is 0. The summed E-state index contributed by atoms with van der Waals surface area (Å²) >= 11 is 5.93. The average Bonchev–Trinajstić information content (AvgIpc) is 2.78. The van der Waals surface area contributed by atoms with Crippen LogP contribution in [0.5, 0.6) is 0 Å². The van der Waals surface area contributed by atoms with Crippen molar-refractivity contribution in [2.45, 2.75) is 26.5 Å². The molecule has 1 aliphatic heterocycles. The Hall–Kier alpha value is -1.36. The van der Waals surface area contributed by atoms with Crippen LogP contribution in [0.3, 0.4) is 0 Å². The van der Waals surface area contributed by atoms with Crippen molar-refractivity contribution < 1.29 is 9.15 Å². The SMILES string of the molecule is Cc1nc(CN2CCO[C@@H](c3ccc(Cl)cc3)C2)oc1C. The lowest BCUT2D eigenvalue weighted by Crippen LogP contribution is -2.37. The van der Waals surface area contributed by atoms with E-state index in [0.717, 1.165) is 47.6 Å². The fourth-order valence-electron chi connectivity index (χ4n) is 2.52. The molecule has 2 heterocycles. The van der Waals surface area contributed by atoms with E-state index in [1.165, 1.54) is 0 Å². The highest BCUT2D eigenvalue weighted by atomic mass is 35.5. The number of morpholine rings is 1. The zero-order valence-corrected chi connectivity index (χ0v) is 13.1. The molecule has 0 aliphatic carbocycles. The van der Waals surface area contributed by atoms with Crippen LogP contribution in [-0.4, -0.2) is 29.6 Å². The minimum atomic E-state index is 0.0770. The fourth-order valence-corrected chi connectivity index (χ4v) is 2.65. The first kappa shape index (κ1) is 14.6. The molecule has 0 saturated carbocycles. The quantitative estimate of drug-likeness (QED) is 0.869. The molecule has 112 valence electrons. The van der Waals surface area contributed by atoms with Crippen LogP contribution in [0.4, 0.5) is 0 Å². The van der Waals surface area contributed by atoms with Crippen LogP contribution in [0, 0.1) is 13.8 Å². The molecule has 0 N–H and O–H groups in total. The first-order valence-corrected chi connectivity index (χ1v) is 7.52. The van der Waals surface area contributed by atoms with Gasteiger partial charge in [0, 0.05) is 18.1 Å². The van der Waals surface area contributed by atoms with Gasteiger partial charge in [-0.3, -0.25) is 4.90 Å². The number of aryl methyl sites for hydroxylation is 2. The third kappa shape index (κ3) is 3.46. The maximum atomic E-state index is 5.93. The molecule has 1 fully saturated rings. The van der Waals surface area contributed by atoms with E-state index in [-0.39, 0.29) is 6.10 Å². The van der Waals surface area contributed by atoms with E-state index in [0.29, 0.717) is 6.61 Å². The molecule has 2 aromatic rings. The lowest BCUT2D eigenvalue weighted by molar-refractivity contribution is -0.0352. The van der Waals surface area contributed by atoms with Gasteiger partial charge in [0.1, 0.15) is 5.76 Å². The van der Waals surface area contributed by atoms with Crippen LogP contribution in [0.25, 0.3) is 0 Å². The minimum Gasteiger partial charge on any atom is -0.444 e. The summed E-state index contributed by atoms with van der Waals surface area (Å²) < 4.78 is 11.5. The van der Waals surface area contributed by atoms with Gasteiger partial charge in [-0.25, -0.2) is 4.98 Å². The zero-order chi connectivity index (χ0) is 14.8. The molecule has 0 bridgehead atoms. The van der Waals surface area contributed by atoms with Gasteiger partial charge < -0.3 is 9.15 Å². The number of halogens is 1. The Morgan fingerprint density at radius 1 is 1.29 bits per heavy atom. The molecule has 0 amide bonds. The van der Waals surface area contributed by atoms with Gasteiger partial charge in [0.25, 0.3) is 0 Å². The van der Waals surface area contributed by atoms with E-state index in [9.17, 15) is 0 Å². The monoisotopic (exact) mass is 306 g/mol. The number of ether oxygens (including phenoxy) is 1. The highest BCUT2D eigenvalue weighted by molar-refractivity contribution is 6.30. The van der Waals surface area contributed by atoms with E-state index in [2.05, 4.69) is 9.88 Å². The number of hydrogen-bond donors (Lipinski definition) is 0. The van der Waals surface area contributed by atoms with E-state index in [4.69, 9.17) is 20.8 Å². The second-order valence-corrected chi connectivity index (χ2v) is 5.83.